The molecular formula is C17H30N4O. The second-order valence-corrected chi connectivity index (χ2v) is 6.81. The van der Waals surface area contributed by atoms with E-state index in [-0.39, 0.29) is 0 Å². The average Bonchev–Trinajstić information content (AvgIpc) is 3.08. The standard InChI is InChI=1S/C17H30N4O/c1-12-14(13(2)21(3)20-12)7-8-18-16-6-4-5-15(16)17-11-22-10-9-19-17/h15-19H,4-11H2,1-3H3. The van der Waals surface area contributed by atoms with Gasteiger partial charge in [0.1, 0.15) is 0 Å². The third-order valence-corrected chi connectivity index (χ3v) is 5.48. The van der Waals surface area contributed by atoms with E-state index in [2.05, 4.69) is 29.6 Å². The molecule has 0 amide bonds. The molecule has 2 N–H and O–H groups in total. The summed E-state index contributed by atoms with van der Waals surface area (Å²) in [6, 6.07) is 1.17. The molecule has 3 rings (SSSR count). The molecule has 3 atom stereocenters. The van der Waals surface area contributed by atoms with Crippen LogP contribution in [0.25, 0.3) is 0 Å². The van der Waals surface area contributed by atoms with E-state index in [0.29, 0.717) is 12.1 Å². The van der Waals surface area contributed by atoms with Gasteiger partial charge in [0.05, 0.1) is 18.9 Å². The van der Waals surface area contributed by atoms with E-state index in [1.165, 1.54) is 36.2 Å². The zero-order valence-corrected chi connectivity index (χ0v) is 14.2. The van der Waals surface area contributed by atoms with Gasteiger partial charge in [-0.3, -0.25) is 4.68 Å². The van der Waals surface area contributed by atoms with Crippen molar-refractivity contribution in [2.24, 2.45) is 13.0 Å². The summed E-state index contributed by atoms with van der Waals surface area (Å²) in [7, 11) is 2.03. The Morgan fingerprint density at radius 1 is 1.36 bits per heavy atom. The van der Waals surface area contributed by atoms with Gasteiger partial charge in [-0.05, 0) is 51.1 Å². The monoisotopic (exact) mass is 306 g/mol. The Balaban J connectivity index is 1.52. The van der Waals surface area contributed by atoms with Crippen LogP contribution in [-0.2, 0) is 18.2 Å². The Bertz CT molecular complexity index is 493. The molecule has 5 nitrogen and oxygen atoms in total. The van der Waals surface area contributed by atoms with Crippen molar-refractivity contribution in [3.05, 3.63) is 17.0 Å². The van der Waals surface area contributed by atoms with Gasteiger partial charge in [-0.25, -0.2) is 0 Å². The second kappa shape index (κ2) is 7.11. The first-order chi connectivity index (χ1) is 10.7. The lowest BCUT2D eigenvalue weighted by molar-refractivity contribution is 0.0526. The summed E-state index contributed by atoms with van der Waals surface area (Å²) in [4.78, 5) is 0. The molecule has 2 fully saturated rings. The molecule has 0 aromatic carbocycles. The minimum absolute atomic E-state index is 0.538. The molecule has 5 heteroatoms. The van der Waals surface area contributed by atoms with Crippen molar-refractivity contribution < 1.29 is 4.74 Å². The maximum absolute atomic E-state index is 5.65. The Labute approximate surface area is 133 Å². The normalized spacial score (nSPS) is 29.1. The number of nitrogens with one attached hydrogen (secondary N) is 2. The van der Waals surface area contributed by atoms with Gasteiger partial charge in [0, 0.05) is 31.4 Å². The van der Waals surface area contributed by atoms with Gasteiger partial charge in [-0.2, -0.15) is 5.10 Å². The summed E-state index contributed by atoms with van der Waals surface area (Å²) in [5, 5.41) is 12.0. The van der Waals surface area contributed by atoms with Crippen molar-refractivity contribution in [3.63, 3.8) is 0 Å². The predicted molar refractivity (Wildman–Crippen MR) is 88.1 cm³/mol. The highest BCUT2D eigenvalue weighted by atomic mass is 16.5. The van der Waals surface area contributed by atoms with Crippen LogP contribution in [0.4, 0.5) is 0 Å². The number of hydrogen-bond acceptors (Lipinski definition) is 4. The summed E-state index contributed by atoms with van der Waals surface area (Å²) in [6.07, 6.45) is 5.03. The molecule has 2 aliphatic rings. The zero-order chi connectivity index (χ0) is 15.5. The fourth-order valence-electron chi connectivity index (χ4n) is 4.15. The smallest absolute Gasteiger partial charge is 0.0628 e. The van der Waals surface area contributed by atoms with E-state index in [4.69, 9.17) is 4.74 Å². The van der Waals surface area contributed by atoms with Gasteiger partial charge < -0.3 is 15.4 Å². The summed E-state index contributed by atoms with van der Waals surface area (Å²) in [5.74, 6) is 0.719. The lowest BCUT2D eigenvalue weighted by Crippen LogP contribution is -2.51. The Morgan fingerprint density at radius 2 is 2.23 bits per heavy atom. The third kappa shape index (κ3) is 3.36. The van der Waals surface area contributed by atoms with Gasteiger partial charge in [0.2, 0.25) is 0 Å². The number of morpholine rings is 1. The van der Waals surface area contributed by atoms with Crippen molar-refractivity contribution in [1.29, 1.82) is 0 Å². The van der Waals surface area contributed by atoms with Gasteiger partial charge in [0.25, 0.3) is 0 Å². The first-order valence-corrected chi connectivity index (χ1v) is 8.70. The van der Waals surface area contributed by atoms with Crippen LogP contribution < -0.4 is 10.6 Å². The number of hydrogen-bond donors (Lipinski definition) is 2. The average molecular weight is 306 g/mol. The van der Waals surface area contributed by atoms with Crippen LogP contribution >= 0.6 is 0 Å². The quantitative estimate of drug-likeness (QED) is 0.862. The molecule has 2 heterocycles. The van der Waals surface area contributed by atoms with Crippen LogP contribution in [0.3, 0.4) is 0 Å². The summed E-state index contributed by atoms with van der Waals surface area (Å²) in [5.41, 5.74) is 3.88. The molecule has 0 radical (unpaired) electrons. The van der Waals surface area contributed by atoms with Crippen molar-refractivity contribution in [2.45, 2.75) is 51.6 Å². The van der Waals surface area contributed by atoms with Crippen molar-refractivity contribution in [1.82, 2.24) is 20.4 Å². The van der Waals surface area contributed by atoms with Crippen molar-refractivity contribution in [2.75, 3.05) is 26.3 Å². The van der Waals surface area contributed by atoms with E-state index in [0.717, 1.165) is 38.6 Å². The Hall–Kier alpha value is -0.910. The van der Waals surface area contributed by atoms with Gasteiger partial charge in [-0.1, -0.05) is 6.42 Å². The summed E-state index contributed by atoms with van der Waals surface area (Å²) >= 11 is 0. The minimum Gasteiger partial charge on any atom is -0.379 e. The molecule has 1 aliphatic carbocycles. The lowest BCUT2D eigenvalue weighted by atomic mass is 9.94. The van der Waals surface area contributed by atoms with E-state index in [1.807, 2.05) is 11.7 Å². The molecule has 0 spiro atoms. The Kier molecular flexibility index (Phi) is 5.16. The minimum atomic E-state index is 0.538. The van der Waals surface area contributed by atoms with Crippen molar-refractivity contribution >= 4 is 0 Å². The molecule has 1 aromatic rings. The summed E-state index contributed by atoms with van der Waals surface area (Å²) in [6.45, 7) is 8.07. The maximum Gasteiger partial charge on any atom is 0.0628 e. The molecule has 1 saturated carbocycles. The fourth-order valence-corrected chi connectivity index (χ4v) is 4.15. The lowest BCUT2D eigenvalue weighted by Gasteiger charge is -2.33. The van der Waals surface area contributed by atoms with Crippen LogP contribution in [0, 0.1) is 19.8 Å². The highest BCUT2D eigenvalue weighted by Gasteiger charge is 2.34. The van der Waals surface area contributed by atoms with Crippen LogP contribution in [0.1, 0.15) is 36.2 Å². The molecule has 1 aromatic heterocycles. The van der Waals surface area contributed by atoms with Crippen LogP contribution in [0.2, 0.25) is 0 Å². The van der Waals surface area contributed by atoms with Gasteiger partial charge in [-0.15, -0.1) is 0 Å². The van der Waals surface area contributed by atoms with E-state index in [1.54, 1.807) is 0 Å². The van der Waals surface area contributed by atoms with Crippen LogP contribution in [0.5, 0.6) is 0 Å². The number of rotatable bonds is 5. The predicted octanol–water partition coefficient (Wildman–Crippen LogP) is 1.33. The topological polar surface area (TPSA) is 51.1 Å². The molecule has 3 unspecified atom stereocenters. The molecule has 1 aliphatic heterocycles. The summed E-state index contributed by atoms with van der Waals surface area (Å²) < 4.78 is 7.64. The number of nitrogens with zero attached hydrogens (tertiary/aromatic N) is 2. The number of ether oxygens (including phenoxy) is 1. The molecule has 1 saturated heterocycles. The molecule has 0 bridgehead atoms. The Morgan fingerprint density at radius 3 is 2.91 bits per heavy atom. The van der Waals surface area contributed by atoms with Gasteiger partial charge in [0.15, 0.2) is 0 Å². The highest BCUT2D eigenvalue weighted by Crippen LogP contribution is 2.29. The number of aryl methyl sites for hydroxylation is 2. The zero-order valence-electron chi connectivity index (χ0n) is 14.2. The molecule has 22 heavy (non-hydrogen) atoms. The number of aromatic nitrogens is 2. The van der Waals surface area contributed by atoms with E-state index < -0.39 is 0 Å². The van der Waals surface area contributed by atoms with Crippen molar-refractivity contribution in [3.8, 4) is 0 Å². The fraction of sp³-hybridized carbons (Fsp3) is 0.824. The van der Waals surface area contributed by atoms with Crippen LogP contribution in [-0.4, -0.2) is 48.2 Å². The molecular weight excluding hydrogens is 276 g/mol. The SMILES string of the molecule is Cc1nn(C)c(C)c1CCNC1CCCC1C1COCCN1. The highest BCUT2D eigenvalue weighted by molar-refractivity contribution is 5.24. The largest absolute Gasteiger partial charge is 0.379 e. The van der Waals surface area contributed by atoms with Gasteiger partial charge >= 0.3 is 0 Å². The first kappa shape index (κ1) is 16.0. The molecule has 124 valence electrons. The van der Waals surface area contributed by atoms with E-state index >= 15 is 0 Å². The van der Waals surface area contributed by atoms with Crippen LogP contribution in [0.15, 0.2) is 0 Å². The third-order valence-electron chi connectivity index (χ3n) is 5.48. The first-order valence-electron chi connectivity index (χ1n) is 8.70. The van der Waals surface area contributed by atoms with E-state index in [9.17, 15) is 0 Å². The maximum atomic E-state index is 5.65. The second-order valence-electron chi connectivity index (χ2n) is 6.81.